The summed E-state index contributed by atoms with van der Waals surface area (Å²) in [5.74, 6) is 0. The highest BCUT2D eigenvalue weighted by Gasteiger charge is 2.03. The summed E-state index contributed by atoms with van der Waals surface area (Å²) < 4.78 is 5.33. The van der Waals surface area contributed by atoms with Crippen LogP contribution in [-0.2, 0) is 4.74 Å². The molecule has 2 rings (SSSR count). The number of ether oxygens (including phenoxy) is 1. The van der Waals surface area contributed by atoms with Crippen molar-refractivity contribution in [2.24, 2.45) is 0 Å². The van der Waals surface area contributed by atoms with E-state index in [0.29, 0.717) is 13.2 Å². The minimum absolute atomic E-state index is 0.0554. The van der Waals surface area contributed by atoms with Gasteiger partial charge in [0.15, 0.2) is 0 Å². The smallest absolute Gasteiger partial charge is 0.0702 e. The summed E-state index contributed by atoms with van der Waals surface area (Å²) in [5.41, 5.74) is 3.49. The summed E-state index contributed by atoms with van der Waals surface area (Å²) in [6, 6.07) is 20.5. The standard InChI is InChI=1S/C17H18O2/c18-12-14-19-13-11-17(15-7-3-1-4-8-15)16-9-5-2-6-10-16/h1-11,18H,12-14H2. The summed E-state index contributed by atoms with van der Waals surface area (Å²) in [5, 5.41) is 8.72. The number of aliphatic hydroxyl groups is 1. The number of aliphatic hydroxyl groups excluding tert-OH is 1. The van der Waals surface area contributed by atoms with Gasteiger partial charge in [0, 0.05) is 0 Å². The number of hydrogen-bond donors (Lipinski definition) is 1. The molecule has 2 heteroatoms. The molecule has 0 aliphatic rings. The zero-order valence-electron chi connectivity index (χ0n) is 10.8. The van der Waals surface area contributed by atoms with Gasteiger partial charge in [-0.1, -0.05) is 66.7 Å². The van der Waals surface area contributed by atoms with Crippen molar-refractivity contribution in [1.82, 2.24) is 0 Å². The molecule has 0 saturated heterocycles. The van der Waals surface area contributed by atoms with Gasteiger partial charge in [-0.25, -0.2) is 0 Å². The van der Waals surface area contributed by atoms with Crippen molar-refractivity contribution < 1.29 is 9.84 Å². The zero-order valence-corrected chi connectivity index (χ0v) is 10.8. The quantitative estimate of drug-likeness (QED) is 0.802. The Bertz CT molecular complexity index is 462. The molecule has 19 heavy (non-hydrogen) atoms. The first-order chi connectivity index (χ1) is 9.42. The Labute approximate surface area is 114 Å². The minimum atomic E-state index is 0.0554. The van der Waals surface area contributed by atoms with Crippen LogP contribution in [0.4, 0.5) is 0 Å². The fourth-order valence-electron chi connectivity index (χ4n) is 1.93. The van der Waals surface area contributed by atoms with Crippen LogP contribution in [0.25, 0.3) is 5.57 Å². The molecule has 0 aromatic heterocycles. The van der Waals surface area contributed by atoms with Gasteiger partial charge < -0.3 is 9.84 Å². The van der Waals surface area contributed by atoms with Crippen molar-refractivity contribution in [2.75, 3.05) is 19.8 Å². The van der Waals surface area contributed by atoms with Crippen molar-refractivity contribution >= 4 is 5.57 Å². The lowest BCUT2D eigenvalue weighted by molar-refractivity contribution is 0.112. The Morgan fingerprint density at radius 2 is 1.42 bits per heavy atom. The molecule has 0 bridgehead atoms. The maximum absolute atomic E-state index is 8.72. The normalized spacial score (nSPS) is 10.2. The largest absolute Gasteiger partial charge is 0.394 e. The van der Waals surface area contributed by atoms with E-state index in [4.69, 9.17) is 9.84 Å². The second-order valence-electron chi connectivity index (χ2n) is 4.15. The van der Waals surface area contributed by atoms with E-state index in [1.54, 1.807) is 0 Å². The molecule has 1 N–H and O–H groups in total. The van der Waals surface area contributed by atoms with Crippen LogP contribution < -0.4 is 0 Å². The molecule has 98 valence electrons. The van der Waals surface area contributed by atoms with Crippen LogP contribution in [0.5, 0.6) is 0 Å². The number of benzene rings is 2. The molecule has 2 nitrogen and oxygen atoms in total. The van der Waals surface area contributed by atoms with Crippen LogP contribution in [0.3, 0.4) is 0 Å². The Kier molecular flexibility index (Phi) is 5.35. The predicted molar refractivity (Wildman–Crippen MR) is 77.9 cm³/mol. The molecule has 0 unspecified atom stereocenters. The van der Waals surface area contributed by atoms with Gasteiger partial charge in [-0.3, -0.25) is 0 Å². The van der Waals surface area contributed by atoms with Gasteiger partial charge in [-0.05, 0) is 16.7 Å². The molecule has 0 amide bonds. The summed E-state index contributed by atoms with van der Waals surface area (Å²) >= 11 is 0. The molecule has 0 aliphatic heterocycles. The molecule has 0 atom stereocenters. The van der Waals surface area contributed by atoms with E-state index in [-0.39, 0.29) is 6.61 Å². The van der Waals surface area contributed by atoms with Crippen LogP contribution >= 0.6 is 0 Å². The first-order valence-electron chi connectivity index (χ1n) is 6.41. The van der Waals surface area contributed by atoms with Crippen molar-refractivity contribution in [3.05, 3.63) is 77.9 Å². The van der Waals surface area contributed by atoms with E-state index in [2.05, 4.69) is 30.3 Å². The molecule has 0 saturated carbocycles. The average Bonchev–Trinajstić information content (AvgIpc) is 2.49. The number of rotatable bonds is 6. The molecule has 0 heterocycles. The zero-order chi connectivity index (χ0) is 13.3. The molecule has 2 aromatic rings. The molecular weight excluding hydrogens is 236 g/mol. The van der Waals surface area contributed by atoms with E-state index in [9.17, 15) is 0 Å². The van der Waals surface area contributed by atoms with E-state index >= 15 is 0 Å². The van der Waals surface area contributed by atoms with Crippen LogP contribution in [0.15, 0.2) is 66.7 Å². The van der Waals surface area contributed by atoms with E-state index in [0.717, 1.165) is 5.57 Å². The third-order valence-electron chi connectivity index (χ3n) is 2.81. The Hall–Kier alpha value is -1.90. The van der Waals surface area contributed by atoms with Gasteiger partial charge in [0.2, 0.25) is 0 Å². The maximum Gasteiger partial charge on any atom is 0.0702 e. The fourth-order valence-corrected chi connectivity index (χ4v) is 1.93. The highest BCUT2D eigenvalue weighted by molar-refractivity contribution is 5.79. The second kappa shape index (κ2) is 7.52. The molecular formula is C17H18O2. The average molecular weight is 254 g/mol. The highest BCUT2D eigenvalue weighted by atomic mass is 16.5. The Morgan fingerprint density at radius 3 is 1.89 bits per heavy atom. The maximum atomic E-state index is 8.72. The highest BCUT2D eigenvalue weighted by Crippen LogP contribution is 2.22. The van der Waals surface area contributed by atoms with E-state index in [1.165, 1.54) is 11.1 Å². The molecule has 0 aliphatic carbocycles. The van der Waals surface area contributed by atoms with E-state index in [1.807, 2.05) is 36.4 Å². The third-order valence-corrected chi connectivity index (χ3v) is 2.81. The van der Waals surface area contributed by atoms with Gasteiger partial charge in [0.05, 0.1) is 19.8 Å². The summed E-state index contributed by atoms with van der Waals surface area (Å²) in [6.45, 7) is 0.924. The van der Waals surface area contributed by atoms with Gasteiger partial charge in [-0.15, -0.1) is 0 Å². The topological polar surface area (TPSA) is 29.5 Å². The molecule has 2 aromatic carbocycles. The summed E-state index contributed by atoms with van der Waals surface area (Å²) in [7, 11) is 0. The van der Waals surface area contributed by atoms with Crippen LogP contribution in [0.1, 0.15) is 11.1 Å². The fraction of sp³-hybridized carbons (Fsp3) is 0.176. The second-order valence-corrected chi connectivity index (χ2v) is 4.15. The molecule has 0 radical (unpaired) electrons. The molecule has 0 spiro atoms. The van der Waals surface area contributed by atoms with Crippen LogP contribution in [0.2, 0.25) is 0 Å². The number of hydrogen-bond acceptors (Lipinski definition) is 2. The summed E-state index contributed by atoms with van der Waals surface area (Å²) in [6.07, 6.45) is 2.06. The van der Waals surface area contributed by atoms with Gasteiger partial charge in [0.25, 0.3) is 0 Å². The van der Waals surface area contributed by atoms with Crippen molar-refractivity contribution in [3.8, 4) is 0 Å². The Morgan fingerprint density at radius 1 is 0.895 bits per heavy atom. The lowest BCUT2D eigenvalue weighted by Crippen LogP contribution is -1.99. The Balaban J connectivity index is 2.24. The SMILES string of the molecule is OCCOCC=C(c1ccccc1)c1ccccc1. The lowest BCUT2D eigenvalue weighted by atomic mass is 9.98. The van der Waals surface area contributed by atoms with E-state index < -0.39 is 0 Å². The van der Waals surface area contributed by atoms with Crippen molar-refractivity contribution in [2.45, 2.75) is 0 Å². The molecule has 0 fully saturated rings. The van der Waals surface area contributed by atoms with Crippen LogP contribution in [0, 0.1) is 0 Å². The minimum Gasteiger partial charge on any atom is -0.394 e. The van der Waals surface area contributed by atoms with Crippen molar-refractivity contribution in [3.63, 3.8) is 0 Å². The monoisotopic (exact) mass is 254 g/mol. The first kappa shape index (κ1) is 13.5. The van der Waals surface area contributed by atoms with Crippen molar-refractivity contribution in [1.29, 1.82) is 0 Å². The lowest BCUT2D eigenvalue weighted by Gasteiger charge is -2.09. The predicted octanol–water partition coefficient (Wildman–Crippen LogP) is 3.13. The van der Waals surface area contributed by atoms with Gasteiger partial charge >= 0.3 is 0 Å². The van der Waals surface area contributed by atoms with Gasteiger partial charge in [-0.2, -0.15) is 0 Å². The third kappa shape index (κ3) is 4.05. The first-order valence-corrected chi connectivity index (χ1v) is 6.41. The van der Waals surface area contributed by atoms with Crippen LogP contribution in [-0.4, -0.2) is 24.9 Å². The summed E-state index contributed by atoms with van der Waals surface area (Å²) in [4.78, 5) is 0. The van der Waals surface area contributed by atoms with Gasteiger partial charge in [0.1, 0.15) is 0 Å².